The standard InChI is InChI=1S/C33H30N4O.Pt/c1-33(2,3)26-15-25-17-28(18-26)38-27-10-8-9-24(16-27)19-34-21-36(31-13-6-4-11-29(31)34)23-37-22-35(20-25)30-12-5-7-14-32(30)37;/h4-18H,19-20,23H2,1-3H3;. The first kappa shape index (κ1) is 23.2. The number of anilines is 4. The molecule has 4 aliphatic rings. The van der Waals surface area contributed by atoms with Gasteiger partial charge in [0.15, 0.2) is 0 Å². The molecule has 39 heavy (non-hydrogen) atoms. The fraction of sp³-hybridized carbons (Fsp3) is 0.212. The zero-order valence-corrected chi connectivity index (χ0v) is 24.6. The number of benzene rings is 4. The first-order chi connectivity index (χ1) is 18.9. The number of para-hydroxylation sites is 4. The molecule has 0 N–H and O–H groups in total. The van der Waals surface area contributed by atoms with Crippen molar-refractivity contribution in [2.75, 3.05) is 26.3 Å². The molecule has 6 bridgehead atoms. The average Bonchev–Trinajstić information content (AvgIpc) is 3.39. The summed E-state index contributed by atoms with van der Waals surface area (Å²) in [5.41, 5.74) is 9.06. The molecule has 4 aromatic carbocycles. The van der Waals surface area contributed by atoms with Crippen LogP contribution in [-0.4, -0.2) is 15.0 Å². The Bertz CT molecular complexity index is 1730. The summed E-state index contributed by atoms with van der Waals surface area (Å²) in [4.78, 5) is 10.2. The molecule has 0 saturated carbocycles. The van der Waals surface area contributed by atoms with E-state index in [1.807, 2.05) is 0 Å². The van der Waals surface area contributed by atoms with Gasteiger partial charge in [-0.05, 0) is 0 Å². The van der Waals surface area contributed by atoms with Gasteiger partial charge in [0, 0.05) is 0 Å². The summed E-state index contributed by atoms with van der Waals surface area (Å²) in [5.74, 6) is 1.80. The van der Waals surface area contributed by atoms with E-state index in [2.05, 4.69) is 131 Å². The molecule has 0 saturated heterocycles. The Morgan fingerprint density at radius 1 is 0.590 bits per heavy atom. The van der Waals surface area contributed by atoms with Crippen molar-refractivity contribution in [2.45, 2.75) is 39.3 Å². The van der Waals surface area contributed by atoms with Crippen molar-refractivity contribution >= 4 is 31.0 Å². The molecule has 4 aliphatic heterocycles. The first-order valence-corrected chi connectivity index (χ1v) is 15.7. The van der Waals surface area contributed by atoms with Gasteiger partial charge in [0.1, 0.15) is 0 Å². The third-order valence-electron chi connectivity index (χ3n) is 7.82. The van der Waals surface area contributed by atoms with Crippen molar-refractivity contribution in [1.29, 1.82) is 0 Å². The van der Waals surface area contributed by atoms with Crippen LogP contribution in [0, 0.1) is 0 Å². The molecule has 0 aromatic heterocycles. The maximum absolute atomic E-state index is 6.57. The van der Waals surface area contributed by atoms with Crippen molar-refractivity contribution in [2.24, 2.45) is 0 Å². The van der Waals surface area contributed by atoms with Crippen LogP contribution in [0.4, 0.5) is 22.7 Å². The molecule has 0 fully saturated rings. The van der Waals surface area contributed by atoms with Crippen LogP contribution in [0.5, 0.6) is 11.5 Å². The minimum absolute atomic E-state index is 0.0216. The Hall–Kier alpha value is -3.69. The van der Waals surface area contributed by atoms with Gasteiger partial charge in [-0.15, -0.1) is 0 Å². The van der Waals surface area contributed by atoms with Crippen LogP contribution in [0.3, 0.4) is 0 Å². The van der Waals surface area contributed by atoms with Crippen molar-refractivity contribution in [1.82, 2.24) is 0 Å². The number of rotatable bonds is 0. The first-order valence-electron chi connectivity index (χ1n) is 13.4. The Morgan fingerprint density at radius 3 is 1.77 bits per heavy atom. The van der Waals surface area contributed by atoms with E-state index in [4.69, 9.17) is 4.74 Å². The molecule has 6 heteroatoms. The summed E-state index contributed by atoms with van der Waals surface area (Å²) in [6.45, 7) is 9.32. The summed E-state index contributed by atoms with van der Waals surface area (Å²) >= 11 is -0.478. The van der Waals surface area contributed by atoms with Gasteiger partial charge in [0.25, 0.3) is 0 Å². The number of hydrogen-bond acceptors (Lipinski definition) is 5. The molecule has 0 atom stereocenters. The SMILES string of the molecule is CC(C)(C)c1cc2cc(c1)Oc1cccc(c1)CN1[C]3=[Pt]=[C]4N(C2)c2ccccc2N4CN3c2ccccc21. The van der Waals surface area contributed by atoms with Crippen LogP contribution in [0.15, 0.2) is 91.0 Å². The van der Waals surface area contributed by atoms with E-state index < -0.39 is 17.6 Å². The Balaban J connectivity index is 1.39. The number of fused-ring (bicyclic) bond motifs is 10. The van der Waals surface area contributed by atoms with Gasteiger partial charge in [-0.25, -0.2) is 0 Å². The molecule has 0 unspecified atom stereocenters. The molecular formula is C33H30N4OPt. The van der Waals surface area contributed by atoms with Crippen LogP contribution in [0.2, 0.25) is 0 Å². The summed E-state index contributed by atoms with van der Waals surface area (Å²) in [7, 11) is 0. The van der Waals surface area contributed by atoms with E-state index >= 15 is 0 Å². The molecule has 0 radical (unpaired) electrons. The van der Waals surface area contributed by atoms with E-state index in [0.717, 1.165) is 31.3 Å². The van der Waals surface area contributed by atoms with Gasteiger partial charge in [0.2, 0.25) is 0 Å². The molecule has 0 spiro atoms. The van der Waals surface area contributed by atoms with Crippen LogP contribution in [-0.2, 0) is 36.1 Å². The number of nitrogens with zero attached hydrogens (tertiary/aromatic N) is 4. The van der Waals surface area contributed by atoms with Crippen molar-refractivity contribution in [3.63, 3.8) is 0 Å². The van der Waals surface area contributed by atoms with Gasteiger partial charge in [-0.1, -0.05) is 0 Å². The van der Waals surface area contributed by atoms with Crippen LogP contribution >= 0.6 is 0 Å². The predicted molar refractivity (Wildman–Crippen MR) is 157 cm³/mol. The van der Waals surface area contributed by atoms with E-state index in [9.17, 15) is 0 Å². The van der Waals surface area contributed by atoms with Crippen LogP contribution in [0.1, 0.15) is 37.5 Å². The number of ether oxygens (including phenoxy) is 1. The van der Waals surface area contributed by atoms with Crippen molar-refractivity contribution < 1.29 is 22.4 Å². The topological polar surface area (TPSA) is 22.2 Å². The summed E-state index contributed by atoms with van der Waals surface area (Å²) < 4.78 is 9.47. The average molecular weight is 694 g/mol. The van der Waals surface area contributed by atoms with E-state index in [0.29, 0.717) is 0 Å². The Labute approximate surface area is 237 Å². The minimum atomic E-state index is -0.478. The second-order valence-corrected chi connectivity index (χ2v) is 14.2. The zero-order valence-electron chi connectivity index (χ0n) is 22.3. The molecule has 5 nitrogen and oxygen atoms in total. The predicted octanol–water partition coefficient (Wildman–Crippen LogP) is 6.67. The fourth-order valence-electron chi connectivity index (χ4n) is 5.88. The van der Waals surface area contributed by atoms with Gasteiger partial charge in [-0.2, -0.15) is 0 Å². The molecule has 198 valence electrons. The summed E-state index contributed by atoms with van der Waals surface area (Å²) in [5, 5.41) is 0. The summed E-state index contributed by atoms with van der Waals surface area (Å²) in [6.07, 6.45) is 0. The molecule has 0 amide bonds. The van der Waals surface area contributed by atoms with E-state index in [-0.39, 0.29) is 5.41 Å². The van der Waals surface area contributed by atoms with Gasteiger partial charge < -0.3 is 0 Å². The quantitative estimate of drug-likeness (QED) is 0.205. The zero-order chi connectivity index (χ0) is 26.3. The summed E-state index contributed by atoms with van der Waals surface area (Å²) in [6, 6.07) is 33.2. The van der Waals surface area contributed by atoms with Gasteiger partial charge >= 0.3 is 238 Å². The van der Waals surface area contributed by atoms with Gasteiger partial charge in [0.05, 0.1) is 0 Å². The molecule has 4 aromatic rings. The molecule has 4 heterocycles. The number of hydrogen-bond donors (Lipinski definition) is 0. The van der Waals surface area contributed by atoms with E-state index in [1.54, 1.807) is 0 Å². The van der Waals surface area contributed by atoms with Crippen molar-refractivity contribution in [3.05, 3.63) is 108 Å². The van der Waals surface area contributed by atoms with Gasteiger partial charge in [-0.3, -0.25) is 0 Å². The molecular weight excluding hydrogens is 663 g/mol. The Kier molecular flexibility index (Phi) is 5.00. The van der Waals surface area contributed by atoms with E-state index in [1.165, 1.54) is 47.7 Å². The monoisotopic (exact) mass is 693 g/mol. The fourth-order valence-corrected chi connectivity index (χ4v) is 9.34. The molecule has 0 aliphatic carbocycles. The maximum atomic E-state index is 6.57. The molecule has 8 rings (SSSR count). The second-order valence-electron chi connectivity index (χ2n) is 11.6. The normalized spacial score (nSPS) is 17.3. The third kappa shape index (κ3) is 3.71. The van der Waals surface area contributed by atoms with Crippen LogP contribution < -0.4 is 24.3 Å². The third-order valence-corrected chi connectivity index (χ3v) is 11.3. The Morgan fingerprint density at radius 2 is 1.15 bits per heavy atom. The van der Waals surface area contributed by atoms with Crippen molar-refractivity contribution in [3.8, 4) is 11.5 Å². The second kappa shape index (κ2) is 8.40. The van der Waals surface area contributed by atoms with Crippen LogP contribution in [0.25, 0.3) is 0 Å².